The lowest BCUT2D eigenvalue weighted by Crippen LogP contribution is -2.21. The molecule has 15 heavy (non-hydrogen) atoms. The van der Waals surface area contributed by atoms with Crippen molar-refractivity contribution >= 4 is 44.2 Å². The van der Waals surface area contributed by atoms with E-state index >= 15 is 0 Å². The standard InChI is InChI=1S/C9H8ClN3OS/c10-5-2-1-3-6-8(5)15-9(13-6)12-4-7(11)14/h1-3H,4H2,(H2,11,14)(H,12,13). The summed E-state index contributed by atoms with van der Waals surface area (Å²) in [6, 6.07) is 5.51. The van der Waals surface area contributed by atoms with Crippen LogP contribution in [0.2, 0.25) is 5.02 Å². The molecule has 0 unspecified atom stereocenters. The molecule has 78 valence electrons. The van der Waals surface area contributed by atoms with E-state index < -0.39 is 5.91 Å². The number of rotatable bonds is 3. The number of nitrogens with one attached hydrogen (secondary N) is 1. The Morgan fingerprint density at radius 3 is 3.07 bits per heavy atom. The van der Waals surface area contributed by atoms with E-state index in [2.05, 4.69) is 10.3 Å². The van der Waals surface area contributed by atoms with Crippen LogP contribution in [0.15, 0.2) is 18.2 Å². The summed E-state index contributed by atoms with van der Waals surface area (Å²) in [5, 5.41) is 4.15. The molecule has 0 bridgehead atoms. The van der Waals surface area contributed by atoms with E-state index in [1.807, 2.05) is 12.1 Å². The molecule has 0 atom stereocenters. The zero-order chi connectivity index (χ0) is 10.8. The van der Waals surface area contributed by atoms with Crippen molar-refractivity contribution in [3.63, 3.8) is 0 Å². The number of carbonyl (C=O) groups is 1. The summed E-state index contributed by atoms with van der Waals surface area (Å²) in [5.74, 6) is -0.416. The van der Waals surface area contributed by atoms with Crippen LogP contribution in [0.1, 0.15) is 0 Å². The second kappa shape index (κ2) is 4.04. The first kappa shape index (κ1) is 10.2. The summed E-state index contributed by atoms with van der Waals surface area (Å²) in [5.41, 5.74) is 5.83. The van der Waals surface area contributed by atoms with Crippen LogP contribution in [-0.2, 0) is 4.79 Å². The number of primary amides is 1. The van der Waals surface area contributed by atoms with Gasteiger partial charge in [0.15, 0.2) is 5.13 Å². The highest BCUT2D eigenvalue weighted by Crippen LogP contribution is 2.31. The minimum Gasteiger partial charge on any atom is -0.368 e. The van der Waals surface area contributed by atoms with Crippen LogP contribution in [-0.4, -0.2) is 17.4 Å². The topological polar surface area (TPSA) is 68.0 Å². The van der Waals surface area contributed by atoms with E-state index in [0.717, 1.165) is 10.2 Å². The Morgan fingerprint density at radius 1 is 1.60 bits per heavy atom. The molecule has 1 heterocycles. The molecule has 0 saturated heterocycles. The van der Waals surface area contributed by atoms with Gasteiger partial charge in [-0.2, -0.15) is 0 Å². The van der Waals surface area contributed by atoms with Crippen LogP contribution in [0.3, 0.4) is 0 Å². The van der Waals surface area contributed by atoms with Crippen molar-refractivity contribution in [3.05, 3.63) is 23.2 Å². The Labute approximate surface area is 95.1 Å². The molecular weight excluding hydrogens is 234 g/mol. The molecule has 6 heteroatoms. The van der Waals surface area contributed by atoms with Gasteiger partial charge in [0.1, 0.15) is 0 Å². The Hall–Kier alpha value is -1.33. The molecule has 0 spiro atoms. The number of nitrogens with zero attached hydrogens (tertiary/aromatic N) is 1. The van der Waals surface area contributed by atoms with E-state index in [1.54, 1.807) is 6.07 Å². The molecule has 1 aromatic heterocycles. The molecule has 0 aliphatic heterocycles. The number of halogens is 1. The lowest BCUT2D eigenvalue weighted by Gasteiger charge is -1.95. The molecule has 0 fully saturated rings. The number of anilines is 1. The van der Waals surface area contributed by atoms with Gasteiger partial charge in [0, 0.05) is 0 Å². The summed E-state index contributed by atoms with van der Waals surface area (Å²) in [7, 11) is 0. The van der Waals surface area contributed by atoms with Crippen molar-refractivity contribution in [1.29, 1.82) is 0 Å². The third-order valence-electron chi connectivity index (χ3n) is 1.78. The molecular formula is C9H8ClN3OS. The van der Waals surface area contributed by atoms with Crippen LogP contribution >= 0.6 is 22.9 Å². The smallest absolute Gasteiger partial charge is 0.236 e. The van der Waals surface area contributed by atoms with Gasteiger partial charge in [0.2, 0.25) is 5.91 Å². The Kier molecular flexibility index (Phi) is 2.75. The van der Waals surface area contributed by atoms with E-state index in [1.165, 1.54) is 11.3 Å². The largest absolute Gasteiger partial charge is 0.368 e. The lowest BCUT2D eigenvalue weighted by molar-refractivity contribution is -0.116. The van der Waals surface area contributed by atoms with E-state index in [9.17, 15) is 4.79 Å². The molecule has 2 rings (SSSR count). The first-order chi connectivity index (χ1) is 7.16. The van der Waals surface area contributed by atoms with Crippen LogP contribution in [0.4, 0.5) is 5.13 Å². The molecule has 1 aromatic carbocycles. The van der Waals surface area contributed by atoms with E-state index in [4.69, 9.17) is 17.3 Å². The average molecular weight is 242 g/mol. The quantitative estimate of drug-likeness (QED) is 0.862. The van der Waals surface area contributed by atoms with Gasteiger partial charge in [-0.15, -0.1) is 0 Å². The second-order valence-corrected chi connectivity index (χ2v) is 4.33. The highest BCUT2D eigenvalue weighted by Gasteiger charge is 2.06. The van der Waals surface area contributed by atoms with Crippen LogP contribution < -0.4 is 11.1 Å². The van der Waals surface area contributed by atoms with E-state index in [0.29, 0.717) is 10.2 Å². The first-order valence-corrected chi connectivity index (χ1v) is 5.43. The van der Waals surface area contributed by atoms with Gasteiger partial charge in [-0.3, -0.25) is 4.79 Å². The molecule has 0 saturated carbocycles. The van der Waals surface area contributed by atoms with Crippen molar-refractivity contribution in [2.45, 2.75) is 0 Å². The van der Waals surface area contributed by atoms with Crippen LogP contribution in [0, 0.1) is 0 Å². The molecule has 3 N–H and O–H groups in total. The van der Waals surface area contributed by atoms with Gasteiger partial charge in [-0.1, -0.05) is 29.0 Å². The predicted molar refractivity (Wildman–Crippen MR) is 62.3 cm³/mol. The Balaban J connectivity index is 2.31. The number of nitrogens with two attached hydrogens (primary N) is 1. The number of thiazole rings is 1. The van der Waals surface area contributed by atoms with Gasteiger partial charge in [-0.05, 0) is 12.1 Å². The minimum absolute atomic E-state index is 0.0808. The highest BCUT2D eigenvalue weighted by atomic mass is 35.5. The first-order valence-electron chi connectivity index (χ1n) is 4.24. The number of carbonyl (C=O) groups excluding carboxylic acids is 1. The fraction of sp³-hybridized carbons (Fsp3) is 0.111. The maximum atomic E-state index is 10.6. The summed E-state index contributed by atoms with van der Waals surface area (Å²) in [6.45, 7) is 0.0808. The maximum Gasteiger partial charge on any atom is 0.236 e. The van der Waals surface area contributed by atoms with Gasteiger partial charge in [-0.25, -0.2) is 4.98 Å². The number of amides is 1. The van der Waals surface area contributed by atoms with E-state index in [-0.39, 0.29) is 6.54 Å². The van der Waals surface area contributed by atoms with Crippen molar-refractivity contribution in [2.75, 3.05) is 11.9 Å². The van der Waals surface area contributed by atoms with Crippen molar-refractivity contribution in [3.8, 4) is 0 Å². The van der Waals surface area contributed by atoms with Gasteiger partial charge in [0.05, 0.1) is 21.8 Å². The van der Waals surface area contributed by atoms with Crippen molar-refractivity contribution < 1.29 is 4.79 Å². The SMILES string of the molecule is NC(=O)CNc1nc2cccc(Cl)c2s1. The summed E-state index contributed by atoms with van der Waals surface area (Å²) < 4.78 is 0.908. The lowest BCUT2D eigenvalue weighted by atomic mass is 10.3. The molecule has 4 nitrogen and oxygen atoms in total. The molecule has 0 aliphatic rings. The molecule has 0 aliphatic carbocycles. The number of hydrogen-bond acceptors (Lipinski definition) is 4. The predicted octanol–water partition coefficient (Wildman–Crippen LogP) is 1.85. The van der Waals surface area contributed by atoms with Crippen LogP contribution in [0.5, 0.6) is 0 Å². The van der Waals surface area contributed by atoms with Gasteiger partial charge >= 0.3 is 0 Å². The number of aromatic nitrogens is 1. The van der Waals surface area contributed by atoms with Crippen molar-refractivity contribution in [2.24, 2.45) is 5.73 Å². The molecule has 2 aromatic rings. The zero-order valence-corrected chi connectivity index (χ0v) is 9.23. The fourth-order valence-corrected chi connectivity index (χ4v) is 2.30. The van der Waals surface area contributed by atoms with Gasteiger partial charge < -0.3 is 11.1 Å². The molecule has 1 amide bonds. The number of benzene rings is 1. The second-order valence-electron chi connectivity index (χ2n) is 2.93. The Bertz CT molecular complexity index is 511. The maximum absolute atomic E-state index is 10.6. The Morgan fingerprint density at radius 2 is 2.40 bits per heavy atom. The van der Waals surface area contributed by atoms with Crippen molar-refractivity contribution in [1.82, 2.24) is 4.98 Å². The summed E-state index contributed by atoms with van der Waals surface area (Å²) in [4.78, 5) is 14.8. The average Bonchev–Trinajstić information content (AvgIpc) is 2.59. The highest BCUT2D eigenvalue weighted by molar-refractivity contribution is 7.22. The number of hydrogen-bond donors (Lipinski definition) is 2. The minimum atomic E-state index is -0.416. The van der Waals surface area contributed by atoms with Gasteiger partial charge in [0.25, 0.3) is 0 Å². The normalized spacial score (nSPS) is 10.5. The van der Waals surface area contributed by atoms with Crippen LogP contribution in [0.25, 0.3) is 10.2 Å². The summed E-state index contributed by atoms with van der Waals surface area (Å²) >= 11 is 7.39. The third kappa shape index (κ3) is 2.19. The summed E-state index contributed by atoms with van der Waals surface area (Å²) in [6.07, 6.45) is 0. The molecule has 0 radical (unpaired) electrons. The zero-order valence-electron chi connectivity index (χ0n) is 7.66. The monoisotopic (exact) mass is 241 g/mol. The fourth-order valence-electron chi connectivity index (χ4n) is 1.15. The number of fused-ring (bicyclic) bond motifs is 1. The third-order valence-corrected chi connectivity index (χ3v) is 3.27.